The average molecular weight is 419 g/mol. The van der Waals surface area contributed by atoms with Crippen LogP contribution >= 0.6 is 0 Å². The van der Waals surface area contributed by atoms with E-state index in [0.717, 1.165) is 23.3 Å². The number of benzene rings is 2. The van der Waals surface area contributed by atoms with E-state index in [1.165, 1.54) is 22.0 Å². The number of rotatable bonds is 5. The second-order valence-corrected chi connectivity index (χ2v) is 9.68. The number of amides is 1. The Bertz CT molecular complexity index is 990. The molecule has 5 nitrogen and oxygen atoms in total. The lowest BCUT2D eigenvalue weighted by atomic mass is 9.96. The molecule has 0 aromatic heterocycles. The molecule has 1 aliphatic rings. The maximum absolute atomic E-state index is 13.1. The number of aryl methyl sites for hydroxylation is 2. The molecule has 156 valence electrons. The van der Waals surface area contributed by atoms with Crippen molar-refractivity contribution in [1.82, 2.24) is 9.62 Å². The van der Waals surface area contributed by atoms with Gasteiger partial charge in [0.1, 0.15) is 5.82 Å². The number of halogens is 1. The first-order chi connectivity index (χ1) is 13.7. The van der Waals surface area contributed by atoms with Crippen molar-refractivity contribution in [3.63, 3.8) is 0 Å². The summed E-state index contributed by atoms with van der Waals surface area (Å²) in [6.45, 7) is 6.47. The minimum atomic E-state index is -3.75. The molecule has 1 saturated heterocycles. The van der Waals surface area contributed by atoms with E-state index in [0.29, 0.717) is 19.4 Å². The summed E-state index contributed by atoms with van der Waals surface area (Å²) in [5, 5.41) is 3.04. The molecule has 2 aromatic carbocycles. The molecule has 1 N–H and O–H groups in total. The standard InChI is InChI=1S/C22H27FN2O3S/c1-15-6-11-21(16(2)13-15)17(3)24-22(26)18-5-4-12-25(14-18)29(27,28)20-9-7-19(23)8-10-20/h6-11,13,17-18H,4-5,12,14H2,1-3H3,(H,24,26). The number of carbonyl (C=O) groups excluding carboxylic acids is 1. The molecule has 1 amide bonds. The Hall–Kier alpha value is -2.25. The fraction of sp³-hybridized carbons (Fsp3) is 0.409. The smallest absolute Gasteiger partial charge is 0.243 e. The topological polar surface area (TPSA) is 66.5 Å². The molecule has 0 aliphatic carbocycles. The van der Waals surface area contributed by atoms with Crippen LogP contribution < -0.4 is 5.32 Å². The van der Waals surface area contributed by atoms with Crippen LogP contribution in [0.4, 0.5) is 4.39 Å². The second kappa shape index (κ2) is 8.63. The first kappa shape index (κ1) is 21.5. The van der Waals surface area contributed by atoms with E-state index in [4.69, 9.17) is 0 Å². The molecule has 2 atom stereocenters. The number of carbonyl (C=O) groups is 1. The van der Waals surface area contributed by atoms with Gasteiger partial charge < -0.3 is 5.32 Å². The van der Waals surface area contributed by atoms with Crippen molar-refractivity contribution in [2.45, 2.75) is 44.6 Å². The van der Waals surface area contributed by atoms with E-state index < -0.39 is 21.8 Å². The van der Waals surface area contributed by atoms with Gasteiger partial charge in [-0.2, -0.15) is 4.31 Å². The summed E-state index contributed by atoms with van der Waals surface area (Å²) in [5.74, 6) is -1.04. The van der Waals surface area contributed by atoms with E-state index in [1.807, 2.05) is 32.9 Å². The Morgan fingerprint density at radius 3 is 2.52 bits per heavy atom. The molecule has 1 aliphatic heterocycles. The van der Waals surface area contributed by atoms with Gasteiger partial charge in [-0.05, 0) is 69.0 Å². The molecule has 7 heteroatoms. The maximum Gasteiger partial charge on any atom is 0.243 e. The normalized spacial score (nSPS) is 19.0. The van der Waals surface area contributed by atoms with Crippen molar-refractivity contribution in [2.24, 2.45) is 5.92 Å². The van der Waals surface area contributed by atoms with E-state index in [2.05, 4.69) is 11.4 Å². The quantitative estimate of drug-likeness (QED) is 0.805. The lowest BCUT2D eigenvalue weighted by molar-refractivity contribution is -0.126. The molecule has 0 radical (unpaired) electrons. The third-order valence-electron chi connectivity index (χ3n) is 5.46. The summed E-state index contributed by atoms with van der Waals surface area (Å²) in [4.78, 5) is 12.9. The van der Waals surface area contributed by atoms with Crippen molar-refractivity contribution >= 4 is 15.9 Å². The zero-order valence-electron chi connectivity index (χ0n) is 17.0. The molecule has 0 bridgehead atoms. The van der Waals surface area contributed by atoms with Crippen LogP contribution in [0.1, 0.15) is 42.5 Å². The fourth-order valence-corrected chi connectivity index (χ4v) is 5.37. The summed E-state index contributed by atoms with van der Waals surface area (Å²) in [6.07, 6.45) is 1.25. The predicted octanol–water partition coefficient (Wildman–Crippen LogP) is 3.72. The van der Waals surface area contributed by atoms with Crippen LogP contribution in [0, 0.1) is 25.6 Å². The number of hydrogen-bond donors (Lipinski definition) is 1. The van der Waals surface area contributed by atoms with Gasteiger partial charge in [-0.1, -0.05) is 23.8 Å². The predicted molar refractivity (Wildman–Crippen MR) is 110 cm³/mol. The zero-order chi connectivity index (χ0) is 21.2. The summed E-state index contributed by atoms with van der Waals surface area (Å²) in [6, 6.07) is 10.7. The molecule has 0 saturated carbocycles. The lowest BCUT2D eigenvalue weighted by Crippen LogP contribution is -2.45. The highest BCUT2D eigenvalue weighted by atomic mass is 32.2. The number of sulfonamides is 1. The monoisotopic (exact) mass is 418 g/mol. The molecule has 29 heavy (non-hydrogen) atoms. The Morgan fingerprint density at radius 1 is 1.17 bits per heavy atom. The summed E-state index contributed by atoms with van der Waals surface area (Å²) in [5.41, 5.74) is 3.33. The first-order valence-electron chi connectivity index (χ1n) is 9.81. The largest absolute Gasteiger partial charge is 0.349 e. The zero-order valence-corrected chi connectivity index (χ0v) is 17.8. The third kappa shape index (κ3) is 4.85. The Kier molecular flexibility index (Phi) is 6.39. The van der Waals surface area contributed by atoms with Crippen LogP contribution in [0.25, 0.3) is 0 Å². The van der Waals surface area contributed by atoms with Crippen LogP contribution in [-0.4, -0.2) is 31.7 Å². The Balaban J connectivity index is 1.69. The number of piperidine rings is 1. The molecule has 0 spiro atoms. The van der Waals surface area contributed by atoms with Gasteiger partial charge in [0.2, 0.25) is 15.9 Å². The van der Waals surface area contributed by atoms with Gasteiger partial charge in [-0.25, -0.2) is 12.8 Å². The second-order valence-electron chi connectivity index (χ2n) is 7.75. The van der Waals surface area contributed by atoms with Crippen LogP contribution in [0.2, 0.25) is 0 Å². The van der Waals surface area contributed by atoms with Crippen LogP contribution in [-0.2, 0) is 14.8 Å². The molecular formula is C22H27FN2O3S. The van der Waals surface area contributed by atoms with Crippen molar-refractivity contribution in [2.75, 3.05) is 13.1 Å². The SMILES string of the molecule is Cc1ccc(C(C)NC(=O)C2CCCN(S(=O)(=O)c3ccc(F)cc3)C2)c(C)c1. The highest BCUT2D eigenvalue weighted by Crippen LogP contribution is 2.25. The van der Waals surface area contributed by atoms with Crippen molar-refractivity contribution in [3.05, 3.63) is 65.0 Å². The third-order valence-corrected chi connectivity index (χ3v) is 7.34. The van der Waals surface area contributed by atoms with Crippen LogP contribution in [0.5, 0.6) is 0 Å². The summed E-state index contributed by atoms with van der Waals surface area (Å²) < 4.78 is 40.2. The Labute approximate surface area is 172 Å². The molecule has 2 aromatic rings. The van der Waals surface area contributed by atoms with Gasteiger partial charge in [0.05, 0.1) is 16.9 Å². The number of nitrogens with zero attached hydrogens (tertiary/aromatic N) is 1. The summed E-state index contributed by atoms with van der Waals surface area (Å²) in [7, 11) is -3.75. The van der Waals surface area contributed by atoms with E-state index in [1.54, 1.807) is 0 Å². The van der Waals surface area contributed by atoms with E-state index in [-0.39, 0.29) is 23.4 Å². The van der Waals surface area contributed by atoms with Crippen LogP contribution in [0.15, 0.2) is 47.4 Å². The van der Waals surface area contributed by atoms with Gasteiger partial charge in [0.25, 0.3) is 0 Å². The molecule has 2 unspecified atom stereocenters. The van der Waals surface area contributed by atoms with Gasteiger partial charge >= 0.3 is 0 Å². The van der Waals surface area contributed by atoms with E-state index >= 15 is 0 Å². The number of hydrogen-bond acceptors (Lipinski definition) is 3. The lowest BCUT2D eigenvalue weighted by Gasteiger charge is -2.32. The molecule has 1 fully saturated rings. The van der Waals surface area contributed by atoms with Gasteiger partial charge in [-0.3, -0.25) is 4.79 Å². The van der Waals surface area contributed by atoms with Gasteiger partial charge in [0.15, 0.2) is 0 Å². The van der Waals surface area contributed by atoms with Crippen molar-refractivity contribution in [3.8, 4) is 0 Å². The molecule has 3 rings (SSSR count). The highest BCUT2D eigenvalue weighted by molar-refractivity contribution is 7.89. The van der Waals surface area contributed by atoms with Crippen molar-refractivity contribution < 1.29 is 17.6 Å². The van der Waals surface area contributed by atoms with Crippen molar-refractivity contribution in [1.29, 1.82) is 0 Å². The van der Waals surface area contributed by atoms with Gasteiger partial charge in [0, 0.05) is 13.1 Å². The highest BCUT2D eigenvalue weighted by Gasteiger charge is 2.33. The first-order valence-corrected chi connectivity index (χ1v) is 11.3. The molecular weight excluding hydrogens is 391 g/mol. The minimum absolute atomic E-state index is 0.0450. The van der Waals surface area contributed by atoms with Gasteiger partial charge in [-0.15, -0.1) is 0 Å². The fourth-order valence-electron chi connectivity index (χ4n) is 3.85. The number of nitrogens with one attached hydrogen (secondary N) is 1. The van der Waals surface area contributed by atoms with Crippen LogP contribution in [0.3, 0.4) is 0 Å². The maximum atomic E-state index is 13.1. The average Bonchev–Trinajstić information content (AvgIpc) is 2.68. The molecule has 1 heterocycles. The Morgan fingerprint density at radius 2 is 1.86 bits per heavy atom. The van der Waals surface area contributed by atoms with E-state index in [9.17, 15) is 17.6 Å². The minimum Gasteiger partial charge on any atom is -0.349 e. The summed E-state index contributed by atoms with van der Waals surface area (Å²) >= 11 is 0.